The second-order valence-corrected chi connectivity index (χ2v) is 7.06. The van der Waals surface area contributed by atoms with E-state index < -0.39 is 0 Å². The summed E-state index contributed by atoms with van der Waals surface area (Å²) in [5, 5.41) is 14.8. The van der Waals surface area contributed by atoms with Crippen molar-refractivity contribution in [3.63, 3.8) is 0 Å². The predicted molar refractivity (Wildman–Crippen MR) is 116 cm³/mol. The predicted octanol–water partition coefficient (Wildman–Crippen LogP) is 3.28. The summed E-state index contributed by atoms with van der Waals surface area (Å²) in [5.74, 6) is 2.82. The molecule has 7 nitrogen and oxygen atoms in total. The average Bonchev–Trinajstić information content (AvgIpc) is 2.82. The Bertz CT molecular complexity index is 1090. The van der Waals surface area contributed by atoms with Gasteiger partial charge in [0.05, 0.1) is 32.3 Å². The average molecular weight is 404 g/mol. The molecule has 7 heteroatoms. The number of hydrogen-bond acceptors (Lipinski definition) is 7. The van der Waals surface area contributed by atoms with E-state index >= 15 is 0 Å². The molecule has 1 N–H and O–H groups in total. The molecule has 30 heavy (non-hydrogen) atoms. The fourth-order valence-electron chi connectivity index (χ4n) is 3.98. The van der Waals surface area contributed by atoms with E-state index in [2.05, 4.69) is 33.4 Å². The van der Waals surface area contributed by atoms with Gasteiger partial charge in [0, 0.05) is 37.3 Å². The minimum atomic E-state index is 0.164. The van der Waals surface area contributed by atoms with Crippen molar-refractivity contribution < 1.29 is 14.2 Å². The highest BCUT2D eigenvalue weighted by Gasteiger charge is 2.25. The van der Waals surface area contributed by atoms with Crippen molar-refractivity contribution in [3.8, 4) is 23.3 Å². The largest absolute Gasteiger partial charge is 0.497 e. The van der Waals surface area contributed by atoms with Crippen LogP contribution < -0.4 is 24.4 Å². The summed E-state index contributed by atoms with van der Waals surface area (Å²) in [7, 11) is 4.84. The Morgan fingerprint density at radius 2 is 1.87 bits per heavy atom. The van der Waals surface area contributed by atoms with Crippen LogP contribution in [0.2, 0.25) is 0 Å². The first-order valence-corrected chi connectivity index (χ1v) is 9.76. The maximum atomic E-state index is 9.63. The molecule has 0 bridgehead atoms. The van der Waals surface area contributed by atoms with Crippen molar-refractivity contribution in [1.82, 2.24) is 10.3 Å². The quantitative estimate of drug-likeness (QED) is 0.699. The van der Waals surface area contributed by atoms with Crippen molar-refractivity contribution in [2.45, 2.75) is 6.04 Å². The van der Waals surface area contributed by atoms with Crippen LogP contribution in [-0.2, 0) is 0 Å². The van der Waals surface area contributed by atoms with Crippen molar-refractivity contribution in [2.75, 3.05) is 45.9 Å². The van der Waals surface area contributed by atoms with Crippen LogP contribution in [0.3, 0.4) is 0 Å². The molecular weight excluding hydrogens is 380 g/mol. The molecule has 1 aromatic heterocycles. The summed E-state index contributed by atoms with van der Waals surface area (Å²) in [5.41, 5.74) is 1.66. The van der Waals surface area contributed by atoms with E-state index in [0.29, 0.717) is 17.1 Å². The Kier molecular flexibility index (Phi) is 5.59. The van der Waals surface area contributed by atoms with Crippen LogP contribution >= 0.6 is 0 Å². The van der Waals surface area contributed by atoms with Gasteiger partial charge >= 0.3 is 0 Å². The molecule has 1 aliphatic heterocycles. The summed E-state index contributed by atoms with van der Waals surface area (Å²) in [4.78, 5) is 6.90. The van der Waals surface area contributed by atoms with Gasteiger partial charge in [0.1, 0.15) is 17.6 Å². The van der Waals surface area contributed by atoms with E-state index in [4.69, 9.17) is 14.2 Å². The molecule has 0 aliphatic carbocycles. The van der Waals surface area contributed by atoms with E-state index in [9.17, 15) is 5.26 Å². The number of rotatable bonds is 5. The van der Waals surface area contributed by atoms with Crippen molar-refractivity contribution in [3.05, 3.63) is 53.7 Å². The number of hydrogen-bond donors (Lipinski definition) is 1. The highest BCUT2D eigenvalue weighted by Crippen LogP contribution is 2.40. The number of ether oxygens (including phenoxy) is 3. The van der Waals surface area contributed by atoms with Crippen LogP contribution in [0.5, 0.6) is 17.2 Å². The Labute approximate surface area is 175 Å². The molecule has 1 unspecified atom stereocenters. The first kappa shape index (κ1) is 19.8. The van der Waals surface area contributed by atoms with Gasteiger partial charge in [0.2, 0.25) is 0 Å². The monoisotopic (exact) mass is 404 g/mol. The second kappa shape index (κ2) is 8.47. The van der Waals surface area contributed by atoms with Crippen molar-refractivity contribution >= 4 is 16.6 Å². The minimum absolute atomic E-state index is 0.164. The van der Waals surface area contributed by atoms with E-state index in [1.165, 1.54) is 5.56 Å². The van der Waals surface area contributed by atoms with Crippen molar-refractivity contribution in [2.24, 2.45) is 0 Å². The summed E-state index contributed by atoms with van der Waals surface area (Å²) >= 11 is 0. The summed E-state index contributed by atoms with van der Waals surface area (Å²) in [6.07, 6.45) is 1.62. The van der Waals surface area contributed by atoms with Gasteiger partial charge < -0.3 is 24.4 Å². The highest BCUT2D eigenvalue weighted by atomic mass is 16.5. The molecule has 4 rings (SSSR count). The molecule has 0 amide bonds. The Balaban J connectivity index is 1.74. The summed E-state index contributed by atoms with van der Waals surface area (Å²) in [6.45, 7) is 2.40. The van der Waals surface area contributed by atoms with Gasteiger partial charge in [-0.25, -0.2) is 4.98 Å². The van der Waals surface area contributed by atoms with Gasteiger partial charge in [0.15, 0.2) is 11.5 Å². The smallest absolute Gasteiger partial charge is 0.170 e. The third-order valence-electron chi connectivity index (χ3n) is 5.49. The molecule has 3 aromatic rings. The van der Waals surface area contributed by atoms with E-state index in [1.54, 1.807) is 27.5 Å². The molecular formula is C23H24N4O3. The number of anilines is 1. The van der Waals surface area contributed by atoms with E-state index in [-0.39, 0.29) is 6.04 Å². The van der Waals surface area contributed by atoms with Gasteiger partial charge in [-0.15, -0.1) is 0 Å². The van der Waals surface area contributed by atoms with Gasteiger partial charge in [-0.2, -0.15) is 5.26 Å². The molecule has 2 aromatic carbocycles. The Morgan fingerprint density at radius 1 is 1.07 bits per heavy atom. The van der Waals surface area contributed by atoms with E-state index in [0.717, 1.165) is 42.0 Å². The first-order chi connectivity index (χ1) is 14.7. The number of methoxy groups -OCH3 is 3. The number of fused-ring (bicyclic) bond motifs is 1. The molecule has 0 radical (unpaired) electrons. The van der Waals surface area contributed by atoms with E-state index in [1.807, 2.05) is 24.3 Å². The van der Waals surface area contributed by atoms with Gasteiger partial charge in [-0.3, -0.25) is 0 Å². The maximum absolute atomic E-state index is 9.63. The molecule has 1 fully saturated rings. The third-order valence-corrected chi connectivity index (χ3v) is 5.49. The zero-order valence-corrected chi connectivity index (χ0v) is 17.3. The Hall–Kier alpha value is -3.50. The number of nitrogens with one attached hydrogen (secondary N) is 1. The SMILES string of the molecule is COc1ccc(C2CN(c3ncc(C#N)c4c(OC)c(OC)ccc34)CCN2)cc1. The van der Waals surface area contributed by atoms with Gasteiger partial charge in [0.25, 0.3) is 0 Å². The fraction of sp³-hybridized carbons (Fsp3) is 0.304. The normalized spacial score (nSPS) is 16.2. The molecule has 2 heterocycles. The van der Waals surface area contributed by atoms with Crippen LogP contribution in [0.4, 0.5) is 5.82 Å². The number of piperazine rings is 1. The lowest BCUT2D eigenvalue weighted by Gasteiger charge is -2.35. The molecule has 0 spiro atoms. The van der Waals surface area contributed by atoms with Crippen LogP contribution in [-0.4, -0.2) is 45.9 Å². The fourth-order valence-corrected chi connectivity index (χ4v) is 3.98. The van der Waals surface area contributed by atoms with Crippen LogP contribution in [0.25, 0.3) is 10.8 Å². The lowest BCUT2D eigenvalue weighted by molar-refractivity contribution is 0.358. The minimum Gasteiger partial charge on any atom is -0.497 e. The Morgan fingerprint density at radius 3 is 2.53 bits per heavy atom. The number of aromatic nitrogens is 1. The molecule has 1 saturated heterocycles. The highest BCUT2D eigenvalue weighted by molar-refractivity contribution is 6.01. The number of nitriles is 1. The molecule has 0 saturated carbocycles. The standard InChI is InChI=1S/C23H24N4O3/c1-28-17-6-4-15(5-7-17)19-14-27(11-10-25-19)23-18-8-9-20(29-2)22(30-3)21(18)16(12-24)13-26-23/h4-9,13,19,25H,10-11,14H2,1-3H3. The number of benzene rings is 2. The van der Waals surface area contributed by atoms with Gasteiger partial charge in [-0.1, -0.05) is 12.1 Å². The molecule has 154 valence electrons. The van der Waals surface area contributed by atoms with Crippen LogP contribution in [0.15, 0.2) is 42.6 Å². The zero-order chi connectivity index (χ0) is 21.1. The summed E-state index contributed by atoms with van der Waals surface area (Å²) < 4.78 is 16.3. The summed E-state index contributed by atoms with van der Waals surface area (Å²) in [6, 6.07) is 14.3. The lowest BCUT2D eigenvalue weighted by Crippen LogP contribution is -2.46. The zero-order valence-electron chi connectivity index (χ0n) is 17.3. The lowest BCUT2D eigenvalue weighted by atomic mass is 10.0. The van der Waals surface area contributed by atoms with Crippen LogP contribution in [0.1, 0.15) is 17.2 Å². The van der Waals surface area contributed by atoms with Crippen molar-refractivity contribution in [1.29, 1.82) is 5.26 Å². The number of pyridine rings is 1. The molecule has 1 atom stereocenters. The second-order valence-electron chi connectivity index (χ2n) is 7.06. The number of nitrogens with zero attached hydrogens (tertiary/aromatic N) is 3. The van der Waals surface area contributed by atoms with Crippen LogP contribution in [0, 0.1) is 11.3 Å². The first-order valence-electron chi connectivity index (χ1n) is 9.76. The maximum Gasteiger partial charge on any atom is 0.170 e. The van der Waals surface area contributed by atoms with Gasteiger partial charge in [-0.05, 0) is 29.8 Å². The topological polar surface area (TPSA) is 79.6 Å². The molecule has 1 aliphatic rings. The third kappa shape index (κ3) is 3.46.